The molecule has 1 aromatic rings. The molecule has 0 atom stereocenters. The largest absolute Gasteiger partial charge is 0.397 e. The van der Waals surface area contributed by atoms with Crippen LogP contribution in [0.4, 0.5) is 11.5 Å². The van der Waals surface area contributed by atoms with Crippen molar-refractivity contribution in [1.82, 2.24) is 4.98 Å². The maximum atomic E-state index is 5.78. The molecule has 1 aliphatic rings. The molecule has 2 N–H and O–H groups in total. The van der Waals surface area contributed by atoms with Crippen LogP contribution in [0.25, 0.3) is 0 Å². The summed E-state index contributed by atoms with van der Waals surface area (Å²) < 4.78 is 0. The predicted molar refractivity (Wildman–Crippen MR) is 73.2 cm³/mol. The van der Waals surface area contributed by atoms with Crippen molar-refractivity contribution in [2.45, 2.75) is 39.0 Å². The summed E-state index contributed by atoms with van der Waals surface area (Å²) in [6, 6.07) is 2.07. The van der Waals surface area contributed by atoms with E-state index in [0.29, 0.717) is 0 Å². The average Bonchev–Trinajstić information content (AvgIpc) is 2.82. The number of pyridine rings is 1. The first-order chi connectivity index (χ1) is 8.16. The molecule has 94 valence electrons. The van der Waals surface area contributed by atoms with Gasteiger partial charge in [-0.05, 0) is 30.9 Å². The minimum atomic E-state index is 0.776. The third-order valence-corrected chi connectivity index (χ3v) is 3.88. The highest BCUT2D eigenvalue weighted by molar-refractivity contribution is 5.51. The van der Waals surface area contributed by atoms with E-state index in [1.54, 1.807) is 6.20 Å². The molecule has 1 saturated carbocycles. The molecule has 0 amide bonds. The summed E-state index contributed by atoms with van der Waals surface area (Å²) in [6.07, 6.45) is 8.74. The van der Waals surface area contributed by atoms with Crippen LogP contribution in [-0.4, -0.2) is 18.6 Å². The van der Waals surface area contributed by atoms with Gasteiger partial charge in [0.2, 0.25) is 0 Å². The Labute approximate surface area is 104 Å². The fourth-order valence-corrected chi connectivity index (χ4v) is 2.55. The second-order valence-electron chi connectivity index (χ2n) is 5.26. The number of nitrogens with two attached hydrogens (primary N) is 1. The van der Waals surface area contributed by atoms with Crippen LogP contribution in [0.15, 0.2) is 12.3 Å². The number of anilines is 2. The van der Waals surface area contributed by atoms with Crippen LogP contribution in [0.3, 0.4) is 0 Å². The zero-order valence-electron chi connectivity index (χ0n) is 10.9. The van der Waals surface area contributed by atoms with Gasteiger partial charge in [-0.25, -0.2) is 4.98 Å². The van der Waals surface area contributed by atoms with E-state index in [1.807, 2.05) is 6.92 Å². The molecule has 0 saturated heterocycles. The first kappa shape index (κ1) is 12.2. The predicted octanol–water partition coefficient (Wildman–Crippen LogP) is 2.99. The van der Waals surface area contributed by atoms with Gasteiger partial charge in [-0.2, -0.15) is 0 Å². The number of aromatic nitrogens is 1. The lowest BCUT2D eigenvalue weighted by Crippen LogP contribution is -2.21. The summed E-state index contributed by atoms with van der Waals surface area (Å²) in [5.74, 6) is 1.97. The lowest BCUT2D eigenvalue weighted by atomic mass is 10.0. The SMILES string of the molecule is Cc1cc(N(C)CCC2CCCC2)ncc1N. The molecular weight excluding hydrogens is 210 g/mol. The van der Waals surface area contributed by atoms with Gasteiger partial charge < -0.3 is 10.6 Å². The molecule has 17 heavy (non-hydrogen) atoms. The van der Waals surface area contributed by atoms with Crippen molar-refractivity contribution in [1.29, 1.82) is 0 Å². The van der Waals surface area contributed by atoms with Gasteiger partial charge in [0.15, 0.2) is 0 Å². The number of nitrogens with zero attached hydrogens (tertiary/aromatic N) is 2. The van der Waals surface area contributed by atoms with Crippen molar-refractivity contribution in [3.8, 4) is 0 Å². The molecule has 0 aromatic carbocycles. The molecule has 1 fully saturated rings. The van der Waals surface area contributed by atoms with Crippen LogP contribution in [-0.2, 0) is 0 Å². The highest BCUT2D eigenvalue weighted by Crippen LogP contribution is 2.28. The number of hydrogen-bond acceptors (Lipinski definition) is 3. The number of hydrogen-bond donors (Lipinski definition) is 1. The fraction of sp³-hybridized carbons (Fsp3) is 0.643. The van der Waals surface area contributed by atoms with Crippen molar-refractivity contribution in [3.63, 3.8) is 0 Å². The zero-order valence-corrected chi connectivity index (χ0v) is 10.9. The summed E-state index contributed by atoms with van der Waals surface area (Å²) in [6.45, 7) is 3.13. The summed E-state index contributed by atoms with van der Waals surface area (Å²) in [5, 5.41) is 0. The lowest BCUT2D eigenvalue weighted by molar-refractivity contribution is 0.504. The van der Waals surface area contributed by atoms with Gasteiger partial charge in [0, 0.05) is 13.6 Å². The first-order valence-corrected chi connectivity index (χ1v) is 6.60. The second kappa shape index (κ2) is 5.39. The standard InChI is InChI=1S/C14H23N3/c1-11-9-14(16-10-13(11)15)17(2)8-7-12-5-3-4-6-12/h9-10,12H,3-8,15H2,1-2H3. The van der Waals surface area contributed by atoms with Crippen molar-refractivity contribution >= 4 is 11.5 Å². The van der Waals surface area contributed by atoms with E-state index in [2.05, 4.69) is 23.0 Å². The summed E-state index contributed by atoms with van der Waals surface area (Å²) in [5.41, 5.74) is 7.67. The molecule has 3 nitrogen and oxygen atoms in total. The average molecular weight is 233 g/mol. The topological polar surface area (TPSA) is 42.2 Å². The lowest BCUT2D eigenvalue weighted by Gasteiger charge is -2.20. The van der Waals surface area contributed by atoms with E-state index in [4.69, 9.17) is 5.73 Å². The second-order valence-corrected chi connectivity index (χ2v) is 5.26. The van der Waals surface area contributed by atoms with E-state index >= 15 is 0 Å². The Kier molecular flexibility index (Phi) is 3.87. The van der Waals surface area contributed by atoms with Crippen molar-refractivity contribution in [3.05, 3.63) is 17.8 Å². The molecule has 1 aromatic heterocycles. The highest BCUT2D eigenvalue weighted by atomic mass is 15.2. The molecule has 1 heterocycles. The quantitative estimate of drug-likeness (QED) is 0.869. The van der Waals surface area contributed by atoms with Crippen molar-refractivity contribution in [2.24, 2.45) is 5.92 Å². The monoisotopic (exact) mass is 233 g/mol. The third-order valence-electron chi connectivity index (χ3n) is 3.88. The molecule has 1 aliphatic carbocycles. The maximum Gasteiger partial charge on any atom is 0.128 e. The fourth-order valence-electron chi connectivity index (χ4n) is 2.55. The minimum absolute atomic E-state index is 0.776. The van der Waals surface area contributed by atoms with Gasteiger partial charge in [-0.1, -0.05) is 25.7 Å². The van der Waals surface area contributed by atoms with Crippen molar-refractivity contribution in [2.75, 3.05) is 24.2 Å². The van der Waals surface area contributed by atoms with E-state index in [0.717, 1.165) is 29.5 Å². The normalized spacial score (nSPS) is 16.4. The van der Waals surface area contributed by atoms with Crippen LogP contribution in [0.5, 0.6) is 0 Å². The molecule has 3 heteroatoms. The summed E-state index contributed by atoms with van der Waals surface area (Å²) in [7, 11) is 2.12. The molecule has 0 bridgehead atoms. The molecular formula is C14H23N3. The number of rotatable bonds is 4. The third kappa shape index (κ3) is 3.11. The summed E-state index contributed by atoms with van der Waals surface area (Å²) >= 11 is 0. The molecule has 0 aliphatic heterocycles. The molecule has 0 unspecified atom stereocenters. The van der Waals surface area contributed by atoms with Crippen LogP contribution >= 0.6 is 0 Å². The van der Waals surface area contributed by atoms with Crippen LogP contribution in [0.1, 0.15) is 37.7 Å². The van der Waals surface area contributed by atoms with E-state index in [9.17, 15) is 0 Å². The molecule has 0 spiro atoms. The minimum Gasteiger partial charge on any atom is -0.397 e. The van der Waals surface area contributed by atoms with Gasteiger partial charge in [-0.3, -0.25) is 0 Å². The van der Waals surface area contributed by atoms with E-state index in [-0.39, 0.29) is 0 Å². The number of nitrogen functional groups attached to an aromatic ring is 1. The Morgan fingerprint density at radius 2 is 2.12 bits per heavy atom. The van der Waals surface area contributed by atoms with Crippen molar-refractivity contribution < 1.29 is 0 Å². The van der Waals surface area contributed by atoms with Crippen LogP contribution in [0.2, 0.25) is 0 Å². The Bertz CT molecular complexity index is 370. The van der Waals surface area contributed by atoms with Gasteiger partial charge in [-0.15, -0.1) is 0 Å². The number of aryl methyl sites for hydroxylation is 1. The van der Waals surface area contributed by atoms with E-state index in [1.165, 1.54) is 32.1 Å². The Hall–Kier alpha value is -1.25. The van der Waals surface area contributed by atoms with Crippen LogP contribution < -0.4 is 10.6 Å². The van der Waals surface area contributed by atoms with Gasteiger partial charge in [0.1, 0.15) is 5.82 Å². The van der Waals surface area contributed by atoms with Gasteiger partial charge in [0.25, 0.3) is 0 Å². The maximum absolute atomic E-state index is 5.78. The Morgan fingerprint density at radius 1 is 1.41 bits per heavy atom. The van der Waals surface area contributed by atoms with Crippen LogP contribution in [0, 0.1) is 12.8 Å². The molecule has 0 radical (unpaired) electrons. The first-order valence-electron chi connectivity index (χ1n) is 6.60. The smallest absolute Gasteiger partial charge is 0.128 e. The Balaban J connectivity index is 1.89. The summed E-state index contributed by atoms with van der Waals surface area (Å²) in [4.78, 5) is 6.63. The Morgan fingerprint density at radius 3 is 2.76 bits per heavy atom. The van der Waals surface area contributed by atoms with Gasteiger partial charge in [0.05, 0.1) is 11.9 Å². The van der Waals surface area contributed by atoms with Gasteiger partial charge >= 0.3 is 0 Å². The van der Waals surface area contributed by atoms with E-state index < -0.39 is 0 Å². The highest BCUT2D eigenvalue weighted by Gasteiger charge is 2.15. The zero-order chi connectivity index (χ0) is 12.3. The molecule has 2 rings (SSSR count).